The Balaban J connectivity index is 1.63. The highest BCUT2D eigenvalue weighted by molar-refractivity contribution is 6.32. The summed E-state index contributed by atoms with van der Waals surface area (Å²) in [7, 11) is 3.01. The van der Waals surface area contributed by atoms with E-state index in [0.717, 1.165) is 22.5 Å². The Kier molecular flexibility index (Phi) is 6.08. The smallest absolute Gasteiger partial charge is 0.261 e. The van der Waals surface area contributed by atoms with E-state index in [2.05, 4.69) is 10.4 Å². The number of nitrogens with zero attached hydrogens (tertiary/aromatic N) is 3. The number of amides is 1. The number of rotatable bonds is 6. The third kappa shape index (κ3) is 4.29. The highest BCUT2D eigenvalue weighted by atomic mass is 35.5. The summed E-state index contributed by atoms with van der Waals surface area (Å²) in [4.78, 5) is 18.2. The quantitative estimate of drug-likeness (QED) is 0.320. The van der Waals surface area contributed by atoms with Gasteiger partial charge in [-0.3, -0.25) is 4.79 Å². The van der Waals surface area contributed by atoms with Crippen molar-refractivity contribution < 1.29 is 14.3 Å². The van der Waals surface area contributed by atoms with Gasteiger partial charge in [-0.15, -0.1) is 0 Å². The average molecular weight is 485 g/mol. The second kappa shape index (κ2) is 9.48. The average Bonchev–Trinajstić information content (AvgIpc) is 3.34. The molecule has 2 aromatic heterocycles. The first kappa shape index (κ1) is 22.4. The molecule has 0 fully saturated rings. The molecule has 8 heteroatoms. The van der Waals surface area contributed by atoms with Gasteiger partial charge in [0.2, 0.25) is 0 Å². The molecule has 1 amide bonds. The summed E-state index contributed by atoms with van der Waals surface area (Å²) >= 11 is 6.20. The number of anilines is 1. The number of aromatic nitrogens is 3. The molecule has 0 radical (unpaired) electrons. The highest BCUT2D eigenvalue weighted by Crippen LogP contribution is 2.36. The van der Waals surface area contributed by atoms with Crippen molar-refractivity contribution in [2.75, 3.05) is 19.5 Å². The van der Waals surface area contributed by atoms with Crippen LogP contribution in [0.4, 0.5) is 5.69 Å². The van der Waals surface area contributed by atoms with Crippen molar-refractivity contribution in [2.45, 2.75) is 0 Å². The van der Waals surface area contributed by atoms with E-state index in [0.29, 0.717) is 33.4 Å². The fourth-order valence-corrected chi connectivity index (χ4v) is 4.07. The lowest BCUT2D eigenvalue weighted by atomic mass is 10.1. The molecule has 3 aromatic carbocycles. The number of fused-ring (bicyclic) bond motifs is 1. The minimum Gasteiger partial charge on any atom is -0.495 e. The minimum atomic E-state index is -0.389. The lowest BCUT2D eigenvalue weighted by Gasteiger charge is -2.13. The Bertz CT molecular complexity index is 1520. The number of halogens is 1. The summed E-state index contributed by atoms with van der Waals surface area (Å²) in [6.07, 6.45) is 1.51. The van der Waals surface area contributed by atoms with E-state index in [1.165, 1.54) is 20.4 Å². The largest absolute Gasteiger partial charge is 0.495 e. The molecule has 35 heavy (non-hydrogen) atoms. The van der Waals surface area contributed by atoms with Crippen LogP contribution in [0.15, 0.2) is 85.1 Å². The van der Waals surface area contributed by atoms with Crippen molar-refractivity contribution in [3.63, 3.8) is 0 Å². The number of carbonyl (C=O) groups is 1. The summed E-state index contributed by atoms with van der Waals surface area (Å²) in [5.41, 5.74) is 4.61. The number of ether oxygens (including phenoxy) is 2. The number of carbonyl (C=O) groups excluding carboxylic acids is 1. The van der Waals surface area contributed by atoms with Crippen LogP contribution in [-0.4, -0.2) is 34.7 Å². The Morgan fingerprint density at radius 1 is 0.886 bits per heavy atom. The van der Waals surface area contributed by atoms with Crippen molar-refractivity contribution in [1.82, 2.24) is 14.6 Å². The standard InChI is InChI=1S/C27H21ClN4O3/c1-34-24-15-22(25(35-2)13-20(24)28)31-27(33)19-16-29-32-23(18-11-7-4-8-12-18)14-21(30-26(19)32)17-9-5-3-6-10-17/h3-16H,1-2H3,(H,31,33). The van der Waals surface area contributed by atoms with Gasteiger partial charge in [-0.25, -0.2) is 9.50 Å². The summed E-state index contributed by atoms with van der Waals surface area (Å²) in [6, 6.07) is 24.9. The molecule has 5 aromatic rings. The fraction of sp³-hybridized carbons (Fsp3) is 0.0741. The van der Waals surface area contributed by atoms with Gasteiger partial charge < -0.3 is 14.8 Å². The molecule has 2 heterocycles. The zero-order valence-electron chi connectivity index (χ0n) is 19.0. The van der Waals surface area contributed by atoms with Crippen LogP contribution in [0.2, 0.25) is 5.02 Å². The molecule has 0 atom stereocenters. The Labute approximate surface area is 206 Å². The Hall–Kier alpha value is -4.36. The van der Waals surface area contributed by atoms with Crippen molar-refractivity contribution in [2.24, 2.45) is 0 Å². The van der Waals surface area contributed by atoms with Crippen molar-refractivity contribution in [1.29, 1.82) is 0 Å². The van der Waals surface area contributed by atoms with E-state index in [1.807, 2.05) is 66.7 Å². The molecule has 0 aliphatic rings. The first-order valence-corrected chi connectivity index (χ1v) is 11.2. The van der Waals surface area contributed by atoms with Gasteiger partial charge in [0.25, 0.3) is 5.91 Å². The Morgan fingerprint density at radius 3 is 2.20 bits per heavy atom. The zero-order chi connectivity index (χ0) is 24.4. The minimum absolute atomic E-state index is 0.316. The predicted octanol–water partition coefficient (Wildman–Crippen LogP) is 5.99. The second-order valence-electron chi connectivity index (χ2n) is 7.69. The van der Waals surface area contributed by atoms with Crippen molar-refractivity contribution in [3.8, 4) is 34.0 Å². The molecule has 0 saturated heterocycles. The van der Waals surface area contributed by atoms with Gasteiger partial charge in [0.1, 0.15) is 17.1 Å². The predicted molar refractivity (Wildman–Crippen MR) is 136 cm³/mol. The van der Waals surface area contributed by atoms with Gasteiger partial charge >= 0.3 is 0 Å². The molecule has 7 nitrogen and oxygen atoms in total. The van der Waals surface area contributed by atoms with Crippen LogP contribution < -0.4 is 14.8 Å². The Morgan fingerprint density at radius 2 is 1.54 bits per heavy atom. The zero-order valence-corrected chi connectivity index (χ0v) is 19.8. The third-order valence-electron chi connectivity index (χ3n) is 5.58. The van der Waals surface area contributed by atoms with E-state index >= 15 is 0 Å². The third-order valence-corrected chi connectivity index (χ3v) is 5.87. The summed E-state index contributed by atoms with van der Waals surface area (Å²) < 4.78 is 12.4. The monoisotopic (exact) mass is 484 g/mol. The lowest BCUT2D eigenvalue weighted by Crippen LogP contribution is -2.13. The molecule has 0 spiro atoms. The van der Waals surface area contributed by atoms with Crippen LogP contribution in [0.5, 0.6) is 11.5 Å². The van der Waals surface area contributed by atoms with E-state index in [-0.39, 0.29) is 5.91 Å². The van der Waals surface area contributed by atoms with Gasteiger partial charge in [-0.1, -0.05) is 72.3 Å². The molecular formula is C27H21ClN4O3. The van der Waals surface area contributed by atoms with Gasteiger partial charge in [0.05, 0.1) is 42.5 Å². The van der Waals surface area contributed by atoms with Gasteiger partial charge in [0.15, 0.2) is 5.65 Å². The fourth-order valence-electron chi connectivity index (χ4n) is 3.84. The number of methoxy groups -OCH3 is 2. The molecular weight excluding hydrogens is 464 g/mol. The lowest BCUT2D eigenvalue weighted by molar-refractivity contribution is 0.102. The second-order valence-corrected chi connectivity index (χ2v) is 8.10. The molecule has 0 unspecified atom stereocenters. The molecule has 1 N–H and O–H groups in total. The van der Waals surface area contributed by atoms with Crippen LogP contribution in [-0.2, 0) is 0 Å². The number of benzene rings is 3. The van der Waals surface area contributed by atoms with Gasteiger partial charge in [-0.05, 0) is 6.07 Å². The molecule has 5 rings (SSSR count). The van der Waals surface area contributed by atoms with E-state index in [9.17, 15) is 4.79 Å². The van der Waals surface area contributed by atoms with Crippen molar-refractivity contribution in [3.05, 3.63) is 95.6 Å². The van der Waals surface area contributed by atoms with Crippen LogP contribution in [0.25, 0.3) is 28.2 Å². The van der Waals surface area contributed by atoms with Gasteiger partial charge in [0, 0.05) is 23.3 Å². The van der Waals surface area contributed by atoms with Crippen LogP contribution in [0.3, 0.4) is 0 Å². The molecule has 0 aliphatic heterocycles. The van der Waals surface area contributed by atoms with Crippen LogP contribution in [0.1, 0.15) is 10.4 Å². The van der Waals surface area contributed by atoms with Crippen LogP contribution >= 0.6 is 11.6 Å². The number of hydrogen-bond donors (Lipinski definition) is 1. The maximum absolute atomic E-state index is 13.4. The maximum atomic E-state index is 13.4. The number of hydrogen-bond acceptors (Lipinski definition) is 5. The first-order chi connectivity index (χ1) is 17.1. The molecule has 0 saturated carbocycles. The normalized spacial score (nSPS) is 10.8. The molecule has 174 valence electrons. The van der Waals surface area contributed by atoms with E-state index in [1.54, 1.807) is 16.6 Å². The van der Waals surface area contributed by atoms with Crippen molar-refractivity contribution >= 4 is 28.8 Å². The van der Waals surface area contributed by atoms with Crippen LogP contribution in [0, 0.1) is 0 Å². The van der Waals surface area contributed by atoms with E-state index in [4.69, 9.17) is 26.1 Å². The molecule has 0 aliphatic carbocycles. The number of nitrogens with one attached hydrogen (secondary N) is 1. The molecule has 0 bridgehead atoms. The highest BCUT2D eigenvalue weighted by Gasteiger charge is 2.20. The topological polar surface area (TPSA) is 77.8 Å². The SMILES string of the molecule is COc1cc(NC(=O)c2cnn3c(-c4ccccc4)cc(-c4ccccc4)nc23)c(OC)cc1Cl. The first-order valence-electron chi connectivity index (χ1n) is 10.8. The summed E-state index contributed by atoms with van der Waals surface area (Å²) in [5.74, 6) is 0.432. The maximum Gasteiger partial charge on any atom is 0.261 e. The summed E-state index contributed by atoms with van der Waals surface area (Å²) in [5, 5.41) is 7.75. The summed E-state index contributed by atoms with van der Waals surface area (Å²) in [6.45, 7) is 0. The van der Waals surface area contributed by atoms with E-state index < -0.39 is 0 Å². The van der Waals surface area contributed by atoms with Gasteiger partial charge in [-0.2, -0.15) is 5.10 Å².